The minimum atomic E-state index is 0.127. The van der Waals surface area contributed by atoms with Crippen LogP contribution in [0.4, 0.5) is 0 Å². The Kier molecular flexibility index (Phi) is 5.53. The number of likely N-dealkylation sites (tertiary alicyclic amines) is 1. The molecule has 0 spiro atoms. The van der Waals surface area contributed by atoms with Crippen LogP contribution in [0.5, 0.6) is 0 Å². The van der Waals surface area contributed by atoms with Gasteiger partial charge in [0.2, 0.25) is 5.91 Å². The van der Waals surface area contributed by atoms with Crippen LogP contribution in [-0.4, -0.2) is 37.6 Å². The smallest absolute Gasteiger partial charge is 0.246 e. The zero-order valence-electron chi connectivity index (χ0n) is 10.6. The van der Waals surface area contributed by atoms with Gasteiger partial charge < -0.3 is 9.64 Å². The fourth-order valence-electron chi connectivity index (χ4n) is 2.10. The number of nitrogens with zero attached hydrogens (tertiary/aromatic N) is 1. The normalized spacial score (nSPS) is 22.0. The number of carbonyl (C=O) groups excluding carboxylic acids is 1. The van der Waals surface area contributed by atoms with Crippen LogP contribution >= 0.6 is 0 Å². The Morgan fingerprint density at radius 2 is 2.31 bits per heavy atom. The maximum atomic E-state index is 11.8. The monoisotopic (exact) mass is 225 g/mol. The molecule has 0 aliphatic carbocycles. The molecule has 1 aliphatic rings. The second-order valence-electron chi connectivity index (χ2n) is 4.79. The number of piperidine rings is 1. The summed E-state index contributed by atoms with van der Waals surface area (Å²) in [6, 6.07) is 0. The molecule has 0 radical (unpaired) electrons. The first kappa shape index (κ1) is 13.2. The Labute approximate surface area is 98.5 Å². The van der Waals surface area contributed by atoms with Gasteiger partial charge >= 0.3 is 0 Å². The molecule has 0 N–H and O–H groups in total. The Morgan fingerprint density at radius 3 is 2.94 bits per heavy atom. The highest BCUT2D eigenvalue weighted by Crippen LogP contribution is 2.23. The van der Waals surface area contributed by atoms with Crippen molar-refractivity contribution in [3.63, 3.8) is 0 Å². The third-order valence-corrected chi connectivity index (χ3v) is 3.24. The summed E-state index contributed by atoms with van der Waals surface area (Å²) in [5.41, 5.74) is 0. The Balaban J connectivity index is 2.44. The highest BCUT2D eigenvalue weighted by atomic mass is 16.5. The van der Waals surface area contributed by atoms with Crippen LogP contribution < -0.4 is 0 Å². The summed E-state index contributed by atoms with van der Waals surface area (Å²) in [5.74, 6) is 1.45. The number of carbonyl (C=O) groups is 1. The van der Waals surface area contributed by atoms with Crippen molar-refractivity contribution < 1.29 is 9.53 Å². The van der Waals surface area contributed by atoms with E-state index < -0.39 is 0 Å². The molecule has 0 unspecified atom stereocenters. The van der Waals surface area contributed by atoms with E-state index in [0.29, 0.717) is 18.4 Å². The second kappa shape index (κ2) is 6.69. The molecule has 16 heavy (non-hydrogen) atoms. The predicted molar refractivity (Wildman–Crippen MR) is 65.2 cm³/mol. The summed E-state index contributed by atoms with van der Waals surface area (Å²) < 4.78 is 4.88. The van der Waals surface area contributed by atoms with Gasteiger partial charge in [-0.15, -0.1) is 0 Å². The molecule has 3 nitrogen and oxygen atoms in total. The van der Waals surface area contributed by atoms with E-state index in [0.717, 1.165) is 19.5 Å². The summed E-state index contributed by atoms with van der Waals surface area (Å²) in [6.45, 7) is 6.79. The fourth-order valence-corrected chi connectivity index (χ4v) is 2.10. The third-order valence-electron chi connectivity index (χ3n) is 3.24. The zero-order valence-corrected chi connectivity index (χ0v) is 10.6. The van der Waals surface area contributed by atoms with Crippen molar-refractivity contribution >= 4 is 5.91 Å². The molecule has 1 rings (SSSR count). The topological polar surface area (TPSA) is 29.5 Å². The maximum absolute atomic E-state index is 11.8. The highest BCUT2D eigenvalue weighted by molar-refractivity contribution is 5.87. The molecule has 0 aromatic carbocycles. The van der Waals surface area contributed by atoms with Gasteiger partial charge in [0.15, 0.2) is 0 Å². The van der Waals surface area contributed by atoms with Gasteiger partial charge in [-0.3, -0.25) is 4.79 Å². The summed E-state index contributed by atoms with van der Waals surface area (Å²) in [5, 5.41) is 0. The van der Waals surface area contributed by atoms with E-state index in [4.69, 9.17) is 4.74 Å². The number of ether oxygens (including phenoxy) is 1. The van der Waals surface area contributed by atoms with Crippen LogP contribution in [0.25, 0.3) is 0 Å². The second-order valence-corrected chi connectivity index (χ2v) is 4.79. The molecule has 3 heteroatoms. The van der Waals surface area contributed by atoms with E-state index in [1.165, 1.54) is 6.42 Å². The van der Waals surface area contributed by atoms with Gasteiger partial charge in [0, 0.05) is 26.3 Å². The van der Waals surface area contributed by atoms with E-state index >= 15 is 0 Å². The lowest BCUT2D eigenvalue weighted by Gasteiger charge is -2.34. The van der Waals surface area contributed by atoms with Crippen molar-refractivity contribution in [1.29, 1.82) is 0 Å². The van der Waals surface area contributed by atoms with Crippen molar-refractivity contribution in [2.24, 2.45) is 11.8 Å². The predicted octanol–water partition coefficient (Wildman–Crippen LogP) is 2.08. The molecular formula is C13H23NO2. The van der Waals surface area contributed by atoms with Crippen LogP contribution in [-0.2, 0) is 9.53 Å². The molecule has 0 aromatic rings. The average molecular weight is 225 g/mol. The van der Waals surface area contributed by atoms with Crippen LogP contribution in [0.3, 0.4) is 0 Å². The number of hydrogen-bond donors (Lipinski definition) is 0. The van der Waals surface area contributed by atoms with E-state index in [-0.39, 0.29) is 5.91 Å². The minimum absolute atomic E-state index is 0.127. The van der Waals surface area contributed by atoms with Crippen molar-refractivity contribution in [3.05, 3.63) is 12.2 Å². The standard InChI is InChI=1S/C13H23NO2/c1-11(2)12-6-4-8-14(10-12)13(15)7-5-9-16-3/h5,7,11-12H,4,6,8-10H2,1-3H3/b7-5+/t12-/m0/s1. The Morgan fingerprint density at radius 1 is 1.56 bits per heavy atom. The molecule has 92 valence electrons. The quantitative estimate of drug-likeness (QED) is 0.686. The van der Waals surface area contributed by atoms with E-state index in [1.807, 2.05) is 4.90 Å². The Hall–Kier alpha value is -0.830. The van der Waals surface area contributed by atoms with Gasteiger partial charge in [-0.25, -0.2) is 0 Å². The highest BCUT2D eigenvalue weighted by Gasteiger charge is 2.24. The van der Waals surface area contributed by atoms with Gasteiger partial charge in [-0.05, 0) is 24.7 Å². The van der Waals surface area contributed by atoms with Crippen molar-refractivity contribution in [1.82, 2.24) is 4.90 Å². The average Bonchev–Trinajstić information content (AvgIpc) is 2.29. The van der Waals surface area contributed by atoms with Crippen molar-refractivity contribution in [2.75, 3.05) is 26.8 Å². The minimum Gasteiger partial charge on any atom is -0.381 e. The summed E-state index contributed by atoms with van der Waals surface area (Å²) in [4.78, 5) is 13.8. The first-order valence-corrected chi connectivity index (χ1v) is 6.09. The van der Waals surface area contributed by atoms with E-state index in [1.54, 1.807) is 19.3 Å². The van der Waals surface area contributed by atoms with E-state index in [9.17, 15) is 4.79 Å². The maximum Gasteiger partial charge on any atom is 0.246 e. The number of amides is 1. The van der Waals surface area contributed by atoms with Crippen molar-refractivity contribution in [2.45, 2.75) is 26.7 Å². The van der Waals surface area contributed by atoms with Crippen LogP contribution in [0.1, 0.15) is 26.7 Å². The summed E-state index contributed by atoms with van der Waals surface area (Å²) in [6.07, 6.45) is 5.80. The number of rotatable bonds is 4. The largest absolute Gasteiger partial charge is 0.381 e. The van der Waals surface area contributed by atoms with Gasteiger partial charge in [0.1, 0.15) is 0 Å². The van der Waals surface area contributed by atoms with Gasteiger partial charge in [-0.1, -0.05) is 19.9 Å². The van der Waals surface area contributed by atoms with Gasteiger partial charge in [0.25, 0.3) is 0 Å². The summed E-state index contributed by atoms with van der Waals surface area (Å²) in [7, 11) is 1.63. The summed E-state index contributed by atoms with van der Waals surface area (Å²) >= 11 is 0. The van der Waals surface area contributed by atoms with Gasteiger partial charge in [-0.2, -0.15) is 0 Å². The molecule has 1 atom stereocenters. The van der Waals surface area contributed by atoms with Crippen LogP contribution in [0.15, 0.2) is 12.2 Å². The number of hydrogen-bond acceptors (Lipinski definition) is 2. The molecule has 1 aliphatic heterocycles. The first-order chi connectivity index (χ1) is 7.65. The zero-order chi connectivity index (χ0) is 12.0. The lowest BCUT2D eigenvalue weighted by atomic mass is 9.88. The lowest BCUT2D eigenvalue weighted by molar-refractivity contribution is -0.128. The van der Waals surface area contributed by atoms with Crippen LogP contribution in [0.2, 0.25) is 0 Å². The van der Waals surface area contributed by atoms with E-state index in [2.05, 4.69) is 13.8 Å². The molecule has 1 heterocycles. The lowest BCUT2D eigenvalue weighted by Crippen LogP contribution is -2.40. The molecule has 1 fully saturated rings. The SMILES string of the molecule is COC/C=C/C(=O)N1CCC[C@H](C(C)C)C1. The molecular weight excluding hydrogens is 202 g/mol. The number of methoxy groups -OCH3 is 1. The first-order valence-electron chi connectivity index (χ1n) is 6.09. The molecule has 1 saturated heterocycles. The van der Waals surface area contributed by atoms with Crippen molar-refractivity contribution in [3.8, 4) is 0 Å². The van der Waals surface area contributed by atoms with Gasteiger partial charge in [0.05, 0.1) is 6.61 Å². The molecule has 0 aromatic heterocycles. The van der Waals surface area contributed by atoms with Crippen LogP contribution in [0, 0.1) is 11.8 Å². The fraction of sp³-hybridized carbons (Fsp3) is 0.769. The molecule has 0 saturated carbocycles. The third kappa shape index (κ3) is 3.97. The Bertz CT molecular complexity index is 248. The molecule has 1 amide bonds. The molecule has 0 bridgehead atoms.